The summed E-state index contributed by atoms with van der Waals surface area (Å²) in [5.41, 5.74) is 1.95. The van der Waals surface area contributed by atoms with E-state index in [1.165, 1.54) is 5.01 Å². The topological polar surface area (TPSA) is 41.1 Å². The Hall–Kier alpha value is -0.980. The number of hydrogen-bond donors (Lipinski definition) is 1. The molecule has 0 saturated heterocycles. The van der Waals surface area contributed by atoms with Crippen molar-refractivity contribution in [2.24, 2.45) is 0 Å². The van der Waals surface area contributed by atoms with Gasteiger partial charge in [-0.1, -0.05) is 0 Å². The summed E-state index contributed by atoms with van der Waals surface area (Å²) in [5, 5.41) is 9.27. The monoisotopic (exact) mass is 268 g/mol. The zero-order valence-corrected chi connectivity index (χ0v) is 11.9. The lowest BCUT2D eigenvalue weighted by atomic mass is 10.4. The largest absolute Gasteiger partial charge is 0.365 e. The van der Waals surface area contributed by atoms with Crippen LogP contribution in [0.1, 0.15) is 5.01 Å². The van der Waals surface area contributed by atoms with Gasteiger partial charge in [-0.2, -0.15) is 0 Å². The number of nitrogens with one attached hydrogen (secondary N) is 1. The van der Waals surface area contributed by atoms with E-state index >= 15 is 0 Å². The van der Waals surface area contributed by atoms with Gasteiger partial charge in [-0.05, 0) is 14.1 Å². The molecule has 2 rings (SSSR count). The molecule has 2 aromatic heterocycles. The highest BCUT2D eigenvalue weighted by Crippen LogP contribution is 2.25. The van der Waals surface area contributed by atoms with E-state index in [9.17, 15) is 0 Å². The SMILES string of the molecule is CNc1nc(-c2csc(CCN(C)C)n2)cs1. The Morgan fingerprint density at radius 1 is 1.18 bits per heavy atom. The number of anilines is 1. The maximum Gasteiger partial charge on any atom is 0.183 e. The van der Waals surface area contributed by atoms with E-state index in [1.54, 1.807) is 22.7 Å². The first-order valence-electron chi connectivity index (χ1n) is 5.42. The van der Waals surface area contributed by atoms with Crippen LogP contribution in [0.3, 0.4) is 0 Å². The summed E-state index contributed by atoms with van der Waals surface area (Å²) in [7, 11) is 6.04. The maximum atomic E-state index is 4.61. The molecule has 0 fully saturated rings. The van der Waals surface area contributed by atoms with Crippen molar-refractivity contribution in [1.29, 1.82) is 0 Å². The first-order valence-corrected chi connectivity index (χ1v) is 7.17. The predicted molar refractivity (Wildman–Crippen MR) is 75.0 cm³/mol. The molecule has 0 aromatic carbocycles. The molecule has 0 unspecified atom stereocenters. The van der Waals surface area contributed by atoms with Gasteiger partial charge >= 0.3 is 0 Å². The van der Waals surface area contributed by atoms with Crippen LogP contribution in [0, 0.1) is 0 Å². The fourth-order valence-corrected chi connectivity index (χ4v) is 2.82. The highest BCUT2D eigenvalue weighted by molar-refractivity contribution is 7.14. The second-order valence-electron chi connectivity index (χ2n) is 3.97. The van der Waals surface area contributed by atoms with Gasteiger partial charge in [0.25, 0.3) is 0 Å². The lowest BCUT2D eigenvalue weighted by Gasteiger charge is -2.06. The van der Waals surface area contributed by atoms with Crippen molar-refractivity contribution in [2.75, 3.05) is 33.0 Å². The Kier molecular flexibility index (Phi) is 4.09. The molecule has 0 bridgehead atoms. The summed E-state index contributed by atoms with van der Waals surface area (Å²) in [6, 6.07) is 0. The summed E-state index contributed by atoms with van der Waals surface area (Å²) in [6.07, 6.45) is 1.00. The van der Waals surface area contributed by atoms with Crippen LogP contribution in [-0.4, -0.2) is 42.6 Å². The Morgan fingerprint density at radius 2 is 1.88 bits per heavy atom. The van der Waals surface area contributed by atoms with E-state index in [1.807, 2.05) is 12.4 Å². The molecule has 0 aliphatic rings. The number of rotatable bonds is 5. The number of likely N-dealkylation sites (N-methyl/N-ethyl adjacent to an activating group) is 1. The average molecular weight is 268 g/mol. The van der Waals surface area contributed by atoms with Gasteiger partial charge in [0.05, 0.1) is 5.01 Å². The summed E-state index contributed by atoms with van der Waals surface area (Å²) in [4.78, 5) is 11.2. The lowest BCUT2D eigenvalue weighted by molar-refractivity contribution is 0.413. The van der Waals surface area contributed by atoms with Crippen molar-refractivity contribution < 1.29 is 0 Å². The van der Waals surface area contributed by atoms with Crippen LogP contribution in [-0.2, 0) is 6.42 Å². The van der Waals surface area contributed by atoms with Crippen LogP contribution in [0.15, 0.2) is 10.8 Å². The first kappa shape index (κ1) is 12.5. The number of aromatic nitrogens is 2. The second kappa shape index (κ2) is 5.57. The highest BCUT2D eigenvalue weighted by atomic mass is 32.1. The molecule has 0 aliphatic carbocycles. The Bertz CT molecular complexity index is 475. The molecule has 0 atom stereocenters. The molecular weight excluding hydrogens is 252 g/mol. The van der Waals surface area contributed by atoms with Crippen molar-refractivity contribution in [1.82, 2.24) is 14.9 Å². The maximum absolute atomic E-state index is 4.61. The van der Waals surface area contributed by atoms with Crippen LogP contribution in [0.25, 0.3) is 11.4 Å². The molecule has 1 N–H and O–H groups in total. The molecule has 17 heavy (non-hydrogen) atoms. The van der Waals surface area contributed by atoms with Crippen LogP contribution in [0.4, 0.5) is 5.13 Å². The molecule has 2 heterocycles. The van der Waals surface area contributed by atoms with Crippen molar-refractivity contribution in [3.05, 3.63) is 15.8 Å². The minimum absolute atomic E-state index is 0.933. The molecular formula is C11H16N4S2. The third-order valence-corrected chi connectivity index (χ3v) is 4.07. The molecule has 0 amide bonds. The highest BCUT2D eigenvalue weighted by Gasteiger charge is 2.08. The number of nitrogens with zero attached hydrogens (tertiary/aromatic N) is 3. The number of thiazole rings is 2. The predicted octanol–water partition coefficient (Wildman–Crippen LogP) is 2.41. The summed E-state index contributed by atoms with van der Waals surface area (Å²) < 4.78 is 0. The van der Waals surface area contributed by atoms with E-state index < -0.39 is 0 Å². The molecule has 0 aliphatic heterocycles. The third-order valence-electron chi connectivity index (χ3n) is 2.31. The van der Waals surface area contributed by atoms with Gasteiger partial charge in [-0.15, -0.1) is 22.7 Å². The van der Waals surface area contributed by atoms with E-state index in [4.69, 9.17) is 0 Å². The average Bonchev–Trinajstić information content (AvgIpc) is 2.94. The van der Waals surface area contributed by atoms with Gasteiger partial charge in [-0.25, -0.2) is 9.97 Å². The van der Waals surface area contributed by atoms with Crippen molar-refractivity contribution in [2.45, 2.75) is 6.42 Å². The van der Waals surface area contributed by atoms with Gasteiger partial charge in [0.15, 0.2) is 5.13 Å². The molecule has 0 radical (unpaired) electrons. The van der Waals surface area contributed by atoms with Crippen LogP contribution >= 0.6 is 22.7 Å². The minimum Gasteiger partial charge on any atom is -0.365 e. The Labute approximate surface area is 109 Å². The van der Waals surface area contributed by atoms with Crippen LogP contribution in [0.5, 0.6) is 0 Å². The fourth-order valence-electron chi connectivity index (χ4n) is 1.37. The molecule has 6 heteroatoms. The number of hydrogen-bond acceptors (Lipinski definition) is 6. The fraction of sp³-hybridized carbons (Fsp3) is 0.455. The third kappa shape index (κ3) is 3.24. The van der Waals surface area contributed by atoms with E-state index in [-0.39, 0.29) is 0 Å². The zero-order chi connectivity index (χ0) is 12.3. The van der Waals surface area contributed by atoms with Crippen molar-refractivity contribution in [3.63, 3.8) is 0 Å². The Balaban J connectivity index is 2.07. The van der Waals surface area contributed by atoms with Crippen molar-refractivity contribution in [3.8, 4) is 11.4 Å². The van der Waals surface area contributed by atoms with E-state index in [0.29, 0.717) is 0 Å². The quantitative estimate of drug-likeness (QED) is 0.904. The van der Waals surface area contributed by atoms with Gasteiger partial charge in [0.2, 0.25) is 0 Å². The minimum atomic E-state index is 0.933. The Morgan fingerprint density at radius 3 is 2.53 bits per heavy atom. The molecule has 4 nitrogen and oxygen atoms in total. The summed E-state index contributed by atoms with van der Waals surface area (Å²) in [5.74, 6) is 0. The smallest absolute Gasteiger partial charge is 0.183 e. The lowest BCUT2D eigenvalue weighted by Crippen LogP contribution is -2.14. The zero-order valence-electron chi connectivity index (χ0n) is 10.2. The van der Waals surface area contributed by atoms with Gasteiger partial charge < -0.3 is 10.2 Å². The van der Waals surface area contributed by atoms with Crippen LogP contribution < -0.4 is 5.32 Å². The van der Waals surface area contributed by atoms with Crippen molar-refractivity contribution >= 4 is 27.8 Å². The first-order chi connectivity index (χ1) is 8.19. The summed E-state index contributed by atoms with van der Waals surface area (Å²) >= 11 is 3.32. The summed E-state index contributed by atoms with van der Waals surface area (Å²) in [6.45, 7) is 1.03. The standard InChI is InChI=1S/C11H16N4S2/c1-12-11-14-9(7-17-11)8-6-16-10(13-8)4-5-15(2)3/h6-7H,4-5H2,1-3H3,(H,12,14). The normalized spacial score (nSPS) is 11.1. The van der Waals surface area contributed by atoms with E-state index in [0.717, 1.165) is 29.5 Å². The molecule has 0 spiro atoms. The van der Waals surface area contributed by atoms with Gasteiger partial charge in [0, 0.05) is 30.8 Å². The second-order valence-corrected chi connectivity index (χ2v) is 5.77. The molecule has 92 valence electrons. The molecule has 0 saturated carbocycles. The molecule has 2 aromatic rings. The van der Waals surface area contributed by atoms with Crippen LogP contribution in [0.2, 0.25) is 0 Å². The van der Waals surface area contributed by atoms with Gasteiger partial charge in [0.1, 0.15) is 11.4 Å². The van der Waals surface area contributed by atoms with E-state index in [2.05, 4.69) is 39.7 Å². The van der Waals surface area contributed by atoms with Gasteiger partial charge in [-0.3, -0.25) is 0 Å².